The smallest absolute Gasteiger partial charge is 0.224 e. The molecule has 0 atom stereocenters. The molecule has 15 heavy (non-hydrogen) atoms. The fourth-order valence-corrected chi connectivity index (χ4v) is 2.23. The van der Waals surface area contributed by atoms with Crippen molar-refractivity contribution in [3.63, 3.8) is 0 Å². The minimum atomic E-state index is 0.240. The first-order valence-electron chi connectivity index (χ1n) is 4.21. The summed E-state index contributed by atoms with van der Waals surface area (Å²) < 4.78 is 0.785. The number of aromatic nitrogens is 2. The highest BCUT2D eigenvalue weighted by atomic mass is 35.5. The standard InChI is InChI=1S/C9H7Cl2N3S/c10-7-2-1-6(15-7)5-13-8-3-4-12-9(11)14-8/h1-4H,5H2,(H,12,13,14). The fraction of sp³-hybridized carbons (Fsp3) is 0.111. The molecule has 6 heteroatoms. The molecule has 1 N–H and O–H groups in total. The van der Waals surface area contributed by atoms with Gasteiger partial charge in [0.15, 0.2) is 0 Å². The molecular formula is C9H7Cl2N3S. The van der Waals surface area contributed by atoms with Gasteiger partial charge in [0.2, 0.25) is 5.28 Å². The molecule has 3 nitrogen and oxygen atoms in total. The molecule has 0 aliphatic carbocycles. The molecule has 78 valence electrons. The number of nitrogens with one attached hydrogen (secondary N) is 1. The van der Waals surface area contributed by atoms with Crippen molar-refractivity contribution in [3.8, 4) is 0 Å². The van der Waals surface area contributed by atoms with Crippen molar-refractivity contribution in [1.82, 2.24) is 9.97 Å². The highest BCUT2D eigenvalue weighted by Crippen LogP contribution is 2.22. The van der Waals surface area contributed by atoms with E-state index in [-0.39, 0.29) is 5.28 Å². The van der Waals surface area contributed by atoms with Crippen LogP contribution < -0.4 is 5.32 Å². The van der Waals surface area contributed by atoms with Gasteiger partial charge in [0.05, 0.1) is 10.9 Å². The van der Waals surface area contributed by atoms with Crippen LogP contribution in [0.15, 0.2) is 24.4 Å². The lowest BCUT2D eigenvalue weighted by molar-refractivity contribution is 1.10. The minimum Gasteiger partial charge on any atom is -0.365 e. The van der Waals surface area contributed by atoms with Gasteiger partial charge >= 0.3 is 0 Å². The molecule has 0 unspecified atom stereocenters. The molecule has 0 saturated carbocycles. The first kappa shape index (κ1) is 10.7. The van der Waals surface area contributed by atoms with E-state index in [1.54, 1.807) is 12.3 Å². The highest BCUT2D eigenvalue weighted by Gasteiger charge is 1.99. The van der Waals surface area contributed by atoms with E-state index in [0.717, 1.165) is 9.21 Å². The summed E-state index contributed by atoms with van der Waals surface area (Å²) in [5, 5.41) is 3.37. The Hall–Kier alpha value is -0.840. The van der Waals surface area contributed by atoms with Gasteiger partial charge in [0.25, 0.3) is 0 Å². The van der Waals surface area contributed by atoms with Crippen LogP contribution in [0.3, 0.4) is 0 Å². The van der Waals surface area contributed by atoms with Crippen molar-refractivity contribution < 1.29 is 0 Å². The molecule has 0 spiro atoms. The van der Waals surface area contributed by atoms with Gasteiger partial charge in [-0.2, -0.15) is 0 Å². The zero-order chi connectivity index (χ0) is 10.7. The van der Waals surface area contributed by atoms with Crippen LogP contribution in [0.1, 0.15) is 4.88 Å². The predicted octanol–water partition coefficient (Wildman–Crippen LogP) is 3.46. The van der Waals surface area contributed by atoms with Gasteiger partial charge in [-0.3, -0.25) is 0 Å². The third-order valence-electron chi connectivity index (χ3n) is 1.70. The van der Waals surface area contributed by atoms with Gasteiger partial charge in [-0.25, -0.2) is 9.97 Å². The van der Waals surface area contributed by atoms with Crippen LogP contribution in [0, 0.1) is 0 Å². The Kier molecular flexibility index (Phi) is 3.41. The van der Waals surface area contributed by atoms with E-state index in [1.807, 2.05) is 12.1 Å². The summed E-state index contributed by atoms with van der Waals surface area (Å²) in [6, 6.07) is 5.61. The average Bonchev–Trinajstić information content (AvgIpc) is 2.62. The number of rotatable bonds is 3. The molecule has 0 saturated heterocycles. The third kappa shape index (κ3) is 3.06. The Morgan fingerprint density at radius 2 is 2.13 bits per heavy atom. The van der Waals surface area contributed by atoms with Crippen molar-refractivity contribution in [1.29, 1.82) is 0 Å². The Balaban J connectivity index is 1.99. The molecule has 2 rings (SSSR count). The van der Waals surface area contributed by atoms with Gasteiger partial charge in [-0.05, 0) is 29.8 Å². The fourth-order valence-electron chi connectivity index (χ4n) is 1.06. The first-order chi connectivity index (χ1) is 7.24. The Morgan fingerprint density at radius 1 is 1.27 bits per heavy atom. The Morgan fingerprint density at radius 3 is 2.80 bits per heavy atom. The van der Waals surface area contributed by atoms with Crippen molar-refractivity contribution >= 4 is 40.4 Å². The van der Waals surface area contributed by atoms with E-state index in [0.29, 0.717) is 12.4 Å². The van der Waals surface area contributed by atoms with E-state index < -0.39 is 0 Å². The lowest BCUT2D eigenvalue weighted by atomic mass is 10.4. The first-order valence-corrected chi connectivity index (χ1v) is 5.78. The predicted molar refractivity (Wildman–Crippen MR) is 63.7 cm³/mol. The number of thiophene rings is 1. The second kappa shape index (κ2) is 4.79. The monoisotopic (exact) mass is 259 g/mol. The van der Waals surface area contributed by atoms with Crippen molar-refractivity contribution in [2.24, 2.45) is 0 Å². The molecule has 2 aromatic heterocycles. The molecule has 0 radical (unpaired) electrons. The SMILES string of the molecule is Clc1nccc(NCc2ccc(Cl)s2)n1. The van der Waals surface area contributed by atoms with Crippen LogP contribution in [0.4, 0.5) is 5.82 Å². The second-order valence-electron chi connectivity index (χ2n) is 2.77. The van der Waals surface area contributed by atoms with Crippen LogP contribution in [0.5, 0.6) is 0 Å². The maximum absolute atomic E-state index is 5.81. The topological polar surface area (TPSA) is 37.8 Å². The van der Waals surface area contributed by atoms with E-state index in [4.69, 9.17) is 23.2 Å². The van der Waals surface area contributed by atoms with Crippen LogP contribution in [0.25, 0.3) is 0 Å². The number of halogens is 2. The maximum atomic E-state index is 5.81. The van der Waals surface area contributed by atoms with Gasteiger partial charge < -0.3 is 5.32 Å². The highest BCUT2D eigenvalue weighted by molar-refractivity contribution is 7.16. The minimum absolute atomic E-state index is 0.240. The summed E-state index contributed by atoms with van der Waals surface area (Å²) >= 11 is 13.0. The van der Waals surface area contributed by atoms with Crippen molar-refractivity contribution in [2.75, 3.05) is 5.32 Å². The van der Waals surface area contributed by atoms with E-state index in [9.17, 15) is 0 Å². The second-order valence-corrected chi connectivity index (χ2v) is 4.91. The normalized spacial score (nSPS) is 10.3. The number of anilines is 1. The van der Waals surface area contributed by atoms with Crippen molar-refractivity contribution in [2.45, 2.75) is 6.54 Å². The average molecular weight is 260 g/mol. The number of hydrogen-bond donors (Lipinski definition) is 1. The molecule has 0 aliphatic heterocycles. The maximum Gasteiger partial charge on any atom is 0.224 e. The quantitative estimate of drug-likeness (QED) is 0.859. The molecule has 0 aromatic carbocycles. The number of nitrogens with zero attached hydrogens (tertiary/aromatic N) is 2. The lowest BCUT2D eigenvalue weighted by Gasteiger charge is -2.02. The summed E-state index contributed by atoms with van der Waals surface area (Å²) in [5.74, 6) is 0.708. The van der Waals surface area contributed by atoms with E-state index in [1.165, 1.54) is 11.3 Å². The van der Waals surface area contributed by atoms with Gasteiger partial charge in [0, 0.05) is 11.1 Å². The lowest BCUT2D eigenvalue weighted by Crippen LogP contribution is -1.99. The van der Waals surface area contributed by atoms with Crippen LogP contribution in [-0.4, -0.2) is 9.97 Å². The molecule has 2 aromatic rings. The molecule has 0 amide bonds. The van der Waals surface area contributed by atoms with Gasteiger partial charge in [-0.1, -0.05) is 11.6 Å². The molecule has 0 aliphatic rings. The van der Waals surface area contributed by atoms with E-state index >= 15 is 0 Å². The molecule has 0 fully saturated rings. The zero-order valence-electron chi connectivity index (χ0n) is 7.58. The van der Waals surface area contributed by atoms with Crippen molar-refractivity contribution in [3.05, 3.63) is 38.9 Å². The van der Waals surface area contributed by atoms with E-state index in [2.05, 4.69) is 15.3 Å². The van der Waals surface area contributed by atoms with Gasteiger partial charge in [-0.15, -0.1) is 11.3 Å². The summed E-state index contributed by atoms with van der Waals surface area (Å²) in [5.41, 5.74) is 0. The Bertz CT molecular complexity index is 458. The zero-order valence-corrected chi connectivity index (χ0v) is 9.90. The van der Waals surface area contributed by atoms with Gasteiger partial charge in [0.1, 0.15) is 5.82 Å². The summed E-state index contributed by atoms with van der Waals surface area (Å²) in [6.07, 6.45) is 1.61. The summed E-state index contributed by atoms with van der Waals surface area (Å²) in [7, 11) is 0. The molecular weight excluding hydrogens is 253 g/mol. The van der Waals surface area contributed by atoms with Crippen LogP contribution in [0.2, 0.25) is 9.62 Å². The largest absolute Gasteiger partial charge is 0.365 e. The van der Waals surface area contributed by atoms with Crippen LogP contribution >= 0.6 is 34.5 Å². The molecule has 2 heterocycles. The summed E-state index contributed by atoms with van der Waals surface area (Å²) in [4.78, 5) is 8.95. The molecule has 0 bridgehead atoms. The Labute approximate surface area is 101 Å². The number of hydrogen-bond acceptors (Lipinski definition) is 4. The van der Waals surface area contributed by atoms with Crippen LogP contribution in [-0.2, 0) is 6.54 Å². The third-order valence-corrected chi connectivity index (χ3v) is 3.11. The summed E-state index contributed by atoms with van der Waals surface area (Å²) in [6.45, 7) is 0.685.